The Hall–Kier alpha value is -1.78. The van der Waals surface area contributed by atoms with Gasteiger partial charge in [-0.25, -0.2) is 8.78 Å². The lowest BCUT2D eigenvalue weighted by Crippen LogP contribution is -2.33. The summed E-state index contributed by atoms with van der Waals surface area (Å²) in [4.78, 5) is 0. The van der Waals surface area contributed by atoms with Crippen LogP contribution in [-0.2, 0) is 6.42 Å². The van der Waals surface area contributed by atoms with Crippen molar-refractivity contribution in [2.45, 2.75) is 18.6 Å². The van der Waals surface area contributed by atoms with Gasteiger partial charge in [0.25, 0.3) is 0 Å². The van der Waals surface area contributed by atoms with Gasteiger partial charge in [0.15, 0.2) is 11.6 Å². The standard InChI is InChI=1S/C16H15F2NO/c17-13-6-5-11(9-14(13)18)16(20)15-12-4-2-1-3-10(12)7-8-19-15/h1-6,9,15-16,19-20H,7-8H2. The van der Waals surface area contributed by atoms with E-state index in [9.17, 15) is 13.9 Å². The number of aliphatic hydroxyl groups is 1. The zero-order valence-electron chi connectivity index (χ0n) is 10.8. The quantitative estimate of drug-likeness (QED) is 0.883. The van der Waals surface area contributed by atoms with Gasteiger partial charge >= 0.3 is 0 Å². The molecule has 0 saturated heterocycles. The molecule has 2 aromatic rings. The Kier molecular flexibility index (Phi) is 3.51. The van der Waals surface area contributed by atoms with Crippen LogP contribution in [-0.4, -0.2) is 11.7 Å². The van der Waals surface area contributed by atoms with Gasteiger partial charge in [0.05, 0.1) is 12.1 Å². The number of hydrogen-bond donors (Lipinski definition) is 2. The molecule has 4 heteroatoms. The third-order valence-electron chi connectivity index (χ3n) is 3.75. The summed E-state index contributed by atoms with van der Waals surface area (Å²) in [5.74, 6) is -1.84. The first-order valence-electron chi connectivity index (χ1n) is 6.61. The van der Waals surface area contributed by atoms with Crippen molar-refractivity contribution >= 4 is 0 Å². The van der Waals surface area contributed by atoms with Crippen LogP contribution in [0.5, 0.6) is 0 Å². The van der Waals surface area contributed by atoms with Crippen molar-refractivity contribution in [1.29, 1.82) is 0 Å². The molecule has 0 amide bonds. The molecule has 0 spiro atoms. The van der Waals surface area contributed by atoms with Gasteiger partial charge in [-0.2, -0.15) is 0 Å². The van der Waals surface area contributed by atoms with Gasteiger partial charge in [0.1, 0.15) is 0 Å². The molecule has 104 valence electrons. The van der Waals surface area contributed by atoms with Crippen molar-refractivity contribution in [2.75, 3.05) is 6.54 Å². The van der Waals surface area contributed by atoms with Gasteiger partial charge in [-0.15, -0.1) is 0 Å². The number of fused-ring (bicyclic) bond motifs is 1. The first kappa shape index (κ1) is 13.2. The highest BCUT2D eigenvalue weighted by atomic mass is 19.2. The molecule has 1 aliphatic heterocycles. The van der Waals surface area contributed by atoms with Crippen LogP contribution >= 0.6 is 0 Å². The number of benzene rings is 2. The summed E-state index contributed by atoms with van der Waals surface area (Å²) in [6.45, 7) is 0.752. The normalized spacial score (nSPS) is 19.4. The van der Waals surface area contributed by atoms with E-state index in [1.165, 1.54) is 11.6 Å². The minimum Gasteiger partial charge on any atom is -0.386 e. The molecule has 2 unspecified atom stereocenters. The topological polar surface area (TPSA) is 32.3 Å². The van der Waals surface area contributed by atoms with Gasteiger partial charge in [0, 0.05) is 0 Å². The molecule has 1 heterocycles. The molecule has 0 saturated carbocycles. The van der Waals surface area contributed by atoms with Crippen molar-refractivity contribution in [3.63, 3.8) is 0 Å². The number of nitrogens with one attached hydrogen (secondary N) is 1. The number of halogens is 2. The fourth-order valence-electron chi connectivity index (χ4n) is 2.71. The first-order chi connectivity index (χ1) is 9.66. The number of rotatable bonds is 2. The molecule has 0 aliphatic carbocycles. The van der Waals surface area contributed by atoms with E-state index >= 15 is 0 Å². The monoisotopic (exact) mass is 275 g/mol. The number of aliphatic hydroxyl groups excluding tert-OH is 1. The Bertz CT molecular complexity index is 630. The molecular weight excluding hydrogens is 260 g/mol. The summed E-state index contributed by atoms with van der Waals surface area (Å²) in [6, 6.07) is 11.1. The summed E-state index contributed by atoms with van der Waals surface area (Å²) in [6.07, 6.45) is -0.0106. The van der Waals surface area contributed by atoms with Crippen LogP contribution in [0.2, 0.25) is 0 Å². The third-order valence-corrected chi connectivity index (χ3v) is 3.75. The van der Waals surface area contributed by atoms with Crippen molar-refractivity contribution in [1.82, 2.24) is 5.32 Å². The minimum atomic E-state index is -0.939. The van der Waals surface area contributed by atoms with E-state index in [0.717, 1.165) is 30.7 Å². The highest BCUT2D eigenvalue weighted by Gasteiger charge is 2.27. The van der Waals surface area contributed by atoms with Gasteiger partial charge in [-0.05, 0) is 41.8 Å². The summed E-state index contributed by atoms with van der Waals surface area (Å²) >= 11 is 0. The molecular formula is C16H15F2NO. The summed E-state index contributed by atoms with van der Waals surface area (Å²) in [7, 11) is 0. The maximum Gasteiger partial charge on any atom is 0.159 e. The Balaban J connectivity index is 1.95. The van der Waals surface area contributed by atoms with Crippen molar-refractivity contribution in [2.24, 2.45) is 0 Å². The van der Waals surface area contributed by atoms with Crippen LogP contribution in [0.15, 0.2) is 42.5 Å². The van der Waals surface area contributed by atoms with E-state index < -0.39 is 17.7 Å². The molecule has 0 fully saturated rings. The van der Waals surface area contributed by atoms with E-state index in [1.807, 2.05) is 24.3 Å². The smallest absolute Gasteiger partial charge is 0.159 e. The third kappa shape index (κ3) is 2.32. The second-order valence-electron chi connectivity index (χ2n) is 5.00. The lowest BCUT2D eigenvalue weighted by atomic mass is 9.88. The van der Waals surface area contributed by atoms with Crippen LogP contribution in [0.1, 0.15) is 28.8 Å². The molecule has 0 aromatic heterocycles. The van der Waals surface area contributed by atoms with Gasteiger partial charge < -0.3 is 10.4 Å². The molecule has 1 aliphatic rings. The predicted molar refractivity (Wildman–Crippen MR) is 72.2 cm³/mol. The predicted octanol–water partition coefficient (Wildman–Crippen LogP) is 2.89. The highest BCUT2D eigenvalue weighted by Crippen LogP contribution is 2.33. The second-order valence-corrected chi connectivity index (χ2v) is 5.00. The second kappa shape index (κ2) is 5.31. The minimum absolute atomic E-state index is 0.301. The lowest BCUT2D eigenvalue weighted by molar-refractivity contribution is 0.125. The van der Waals surface area contributed by atoms with Gasteiger partial charge in [0.2, 0.25) is 0 Å². The molecule has 0 radical (unpaired) electrons. The van der Waals surface area contributed by atoms with Crippen LogP contribution < -0.4 is 5.32 Å². The Morgan fingerprint density at radius 2 is 1.90 bits per heavy atom. The SMILES string of the molecule is OC(c1ccc(F)c(F)c1)C1NCCc2ccccc21. The van der Waals surface area contributed by atoms with Crippen LogP contribution in [0, 0.1) is 11.6 Å². The van der Waals surface area contributed by atoms with E-state index in [2.05, 4.69) is 5.32 Å². The first-order valence-corrected chi connectivity index (χ1v) is 6.61. The molecule has 2 atom stereocenters. The van der Waals surface area contributed by atoms with Crippen LogP contribution in [0.3, 0.4) is 0 Å². The summed E-state index contributed by atoms with van der Waals surface area (Å²) in [5.41, 5.74) is 2.56. The maximum absolute atomic E-state index is 13.3. The van der Waals surface area contributed by atoms with E-state index in [4.69, 9.17) is 0 Å². The zero-order chi connectivity index (χ0) is 14.1. The molecule has 3 rings (SSSR count). The van der Waals surface area contributed by atoms with Gasteiger partial charge in [-0.1, -0.05) is 30.3 Å². The van der Waals surface area contributed by atoms with Crippen LogP contribution in [0.25, 0.3) is 0 Å². The molecule has 20 heavy (non-hydrogen) atoms. The van der Waals surface area contributed by atoms with E-state index in [-0.39, 0.29) is 6.04 Å². The molecule has 2 N–H and O–H groups in total. The largest absolute Gasteiger partial charge is 0.386 e. The van der Waals surface area contributed by atoms with Crippen molar-refractivity contribution in [3.8, 4) is 0 Å². The molecule has 2 aromatic carbocycles. The summed E-state index contributed by atoms with van der Waals surface area (Å²) in [5, 5.41) is 13.7. The lowest BCUT2D eigenvalue weighted by Gasteiger charge is -2.31. The Labute approximate surface area is 116 Å². The van der Waals surface area contributed by atoms with Crippen molar-refractivity contribution < 1.29 is 13.9 Å². The fourth-order valence-corrected chi connectivity index (χ4v) is 2.71. The zero-order valence-corrected chi connectivity index (χ0v) is 10.8. The average Bonchev–Trinajstić information content (AvgIpc) is 2.49. The molecule has 2 nitrogen and oxygen atoms in total. The van der Waals surface area contributed by atoms with Crippen molar-refractivity contribution in [3.05, 3.63) is 70.8 Å². The number of hydrogen-bond acceptors (Lipinski definition) is 2. The Morgan fingerprint density at radius 1 is 1.10 bits per heavy atom. The summed E-state index contributed by atoms with van der Waals surface area (Å²) < 4.78 is 26.3. The van der Waals surface area contributed by atoms with Crippen LogP contribution in [0.4, 0.5) is 8.78 Å². The molecule has 0 bridgehead atoms. The fraction of sp³-hybridized carbons (Fsp3) is 0.250. The van der Waals surface area contributed by atoms with E-state index in [0.29, 0.717) is 5.56 Å². The van der Waals surface area contributed by atoms with E-state index in [1.54, 1.807) is 0 Å². The Morgan fingerprint density at radius 3 is 2.70 bits per heavy atom. The average molecular weight is 275 g/mol. The highest BCUT2D eigenvalue weighted by molar-refractivity contribution is 5.35. The maximum atomic E-state index is 13.3. The van der Waals surface area contributed by atoms with Gasteiger partial charge in [-0.3, -0.25) is 0 Å².